The molecular weight excluding hydrogens is 286 g/mol. The summed E-state index contributed by atoms with van der Waals surface area (Å²) < 4.78 is 3.93. The Morgan fingerprint density at radius 2 is 2.05 bits per heavy atom. The van der Waals surface area contributed by atoms with Gasteiger partial charge in [0.05, 0.1) is 11.4 Å². The molecule has 0 aliphatic rings. The van der Waals surface area contributed by atoms with Gasteiger partial charge in [0.25, 0.3) is 0 Å². The van der Waals surface area contributed by atoms with E-state index < -0.39 is 0 Å². The van der Waals surface area contributed by atoms with Crippen LogP contribution in [0.3, 0.4) is 0 Å². The molecule has 0 unspecified atom stereocenters. The van der Waals surface area contributed by atoms with Crippen molar-refractivity contribution in [3.8, 4) is 5.69 Å². The number of hydrogen-bond acceptors (Lipinski definition) is 3. The van der Waals surface area contributed by atoms with Gasteiger partial charge in [-0.1, -0.05) is 6.92 Å². The minimum atomic E-state index is 0.532. The lowest BCUT2D eigenvalue weighted by Crippen LogP contribution is -2.04. The van der Waals surface area contributed by atoms with Crippen LogP contribution in [0.5, 0.6) is 0 Å². The summed E-state index contributed by atoms with van der Waals surface area (Å²) in [6.07, 6.45) is 3.58. The molecule has 3 aromatic rings. The predicted molar refractivity (Wildman–Crippen MR) is 84.2 cm³/mol. The fraction of sp³-hybridized carbons (Fsp3) is 0.400. The van der Waals surface area contributed by atoms with Crippen LogP contribution in [0.2, 0.25) is 0 Å². The number of fused-ring (bicyclic) bond motifs is 1. The van der Waals surface area contributed by atoms with Gasteiger partial charge in [-0.3, -0.25) is 9.25 Å². The van der Waals surface area contributed by atoms with Crippen molar-refractivity contribution >= 4 is 22.8 Å². The second-order valence-corrected chi connectivity index (χ2v) is 5.46. The number of imidazole rings is 1. The quantitative estimate of drug-likeness (QED) is 0.696. The summed E-state index contributed by atoms with van der Waals surface area (Å²) in [4.78, 5) is 9.34. The van der Waals surface area contributed by atoms with Crippen molar-refractivity contribution in [3.63, 3.8) is 0 Å². The molecule has 3 rings (SSSR count). The molecule has 0 N–H and O–H groups in total. The first-order chi connectivity index (χ1) is 10.1. The van der Waals surface area contributed by atoms with E-state index in [0.717, 1.165) is 40.5 Å². The molecule has 0 aromatic carbocycles. The predicted octanol–water partition coefficient (Wildman–Crippen LogP) is 2.81. The van der Waals surface area contributed by atoms with E-state index in [-0.39, 0.29) is 0 Å². The van der Waals surface area contributed by atoms with Crippen LogP contribution in [0, 0.1) is 6.92 Å². The van der Waals surface area contributed by atoms with Gasteiger partial charge in [-0.05, 0) is 25.5 Å². The average molecular weight is 304 g/mol. The minimum absolute atomic E-state index is 0.532. The molecule has 6 heteroatoms. The van der Waals surface area contributed by atoms with E-state index >= 15 is 0 Å². The number of aromatic nitrogens is 5. The van der Waals surface area contributed by atoms with Crippen molar-refractivity contribution in [2.45, 2.75) is 26.7 Å². The molecule has 0 bridgehead atoms. The lowest BCUT2D eigenvalue weighted by atomic mass is 10.3. The first-order valence-electron chi connectivity index (χ1n) is 7.08. The van der Waals surface area contributed by atoms with Crippen molar-refractivity contribution in [2.75, 3.05) is 5.88 Å². The maximum Gasteiger partial charge on any atom is 0.165 e. The van der Waals surface area contributed by atoms with Crippen LogP contribution in [0.1, 0.15) is 24.1 Å². The molecular formula is C15H18ClN5. The van der Waals surface area contributed by atoms with Gasteiger partial charge in [0.1, 0.15) is 11.3 Å². The zero-order chi connectivity index (χ0) is 15.0. The topological polar surface area (TPSA) is 48.5 Å². The van der Waals surface area contributed by atoms with Crippen molar-refractivity contribution in [2.24, 2.45) is 7.05 Å². The SMILES string of the molecule is CCc1nn(C)cc1-n1c(CCCl)nc2ccc(C)nc21. The molecule has 110 valence electrons. The molecule has 3 aromatic heterocycles. The monoisotopic (exact) mass is 303 g/mol. The summed E-state index contributed by atoms with van der Waals surface area (Å²) in [5, 5.41) is 4.52. The summed E-state index contributed by atoms with van der Waals surface area (Å²) >= 11 is 5.94. The molecule has 0 spiro atoms. The van der Waals surface area contributed by atoms with Crippen LogP contribution in [0.25, 0.3) is 16.9 Å². The zero-order valence-corrected chi connectivity index (χ0v) is 13.2. The van der Waals surface area contributed by atoms with Crippen molar-refractivity contribution in [1.82, 2.24) is 24.3 Å². The van der Waals surface area contributed by atoms with Gasteiger partial charge in [-0.15, -0.1) is 11.6 Å². The number of halogens is 1. The summed E-state index contributed by atoms with van der Waals surface area (Å²) in [5.41, 5.74) is 4.82. The van der Waals surface area contributed by atoms with Gasteiger partial charge in [0.2, 0.25) is 0 Å². The minimum Gasteiger partial charge on any atom is -0.277 e. The Hall–Kier alpha value is -1.88. The van der Waals surface area contributed by atoms with E-state index in [0.29, 0.717) is 12.3 Å². The third-order valence-corrected chi connectivity index (χ3v) is 3.68. The summed E-state index contributed by atoms with van der Waals surface area (Å²) in [6.45, 7) is 4.09. The van der Waals surface area contributed by atoms with Crippen LogP contribution in [0.15, 0.2) is 18.3 Å². The molecule has 0 fully saturated rings. The summed E-state index contributed by atoms with van der Waals surface area (Å²) in [5.74, 6) is 1.46. The molecule has 0 aliphatic carbocycles. The Morgan fingerprint density at radius 1 is 1.24 bits per heavy atom. The van der Waals surface area contributed by atoms with Crippen LogP contribution >= 0.6 is 11.6 Å². The van der Waals surface area contributed by atoms with Crippen LogP contribution in [-0.2, 0) is 19.9 Å². The van der Waals surface area contributed by atoms with E-state index in [1.807, 2.05) is 37.0 Å². The molecule has 0 saturated carbocycles. The Bertz CT molecular complexity index is 787. The maximum atomic E-state index is 5.94. The number of nitrogens with zero attached hydrogens (tertiary/aromatic N) is 5. The van der Waals surface area contributed by atoms with Gasteiger partial charge < -0.3 is 0 Å². The van der Waals surface area contributed by atoms with E-state index in [1.54, 1.807) is 0 Å². The smallest absolute Gasteiger partial charge is 0.165 e. The normalized spacial score (nSPS) is 11.4. The Balaban J connectivity index is 2.32. The Morgan fingerprint density at radius 3 is 2.76 bits per heavy atom. The van der Waals surface area contributed by atoms with Crippen LogP contribution < -0.4 is 0 Å². The van der Waals surface area contributed by atoms with Gasteiger partial charge in [-0.2, -0.15) is 5.10 Å². The number of aryl methyl sites for hydroxylation is 4. The number of rotatable bonds is 4. The Kier molecular flexibility index (Phi) is 3.68. The number of pyridine rings is 1. The summed E-state index contributed by atoms with van der Waals surface area (Å²) in [6, 6.07) is 3.99. The highest BCUT2D eigenvalue weighted by molar-refractivity contribution is 6.17. The molecule has 0 atom stereocenters. The Labute approximate surface area is 128 Å². The molecule has 0 saturated heterocycles. The molecule has 0 amide bonds. The molecule has 5 nitrogen and oxygen atoms in total. The fourth-order valence-electron chi connectivity index (χ4n) is 2.56. The van der Waals surface area contributed by atoms with Crippen LogP contribution in [0.4, 0.5) is 0 Å². The fourth-order valence-corrected chi connectivity index (χ4v) is 2.73. The molecule has 0 radical (unpaired) electrons. The van der Waals surface area contributed by atoms with Gasteiger partial charge in [-0.25, -0.2) is 9.97 Å². The van der Waals surface area contributed by atoms with Crippen molar-refractivity contribution < 1.29 is 0 Å². The number of alkyl halides is 1. The van der Waals surface area contributed by atoms with E-state index in [1.165, 1.54) is 0 Å². The standard InChI is InChI=1S/C15H18ClN5/c1-4-11-13(9-20(3)19-11)21-14(7-8-16)18-12-6-5-10(2)17-15(12)21/h5-6,9H,4,7-8H2,1-3H3. The molecule has 3 heterocycles. The van der Waals surface area contributed by atoms with E-state index in [4.69, 9.17) is 11.6 Å². The molecule has 0 aliphatic heterocycles. The van der Waals surface area contributed by atoms with E-state index in [9.17, 15) is 0 Å². The second-order valence-electron chi connectivity index (χ2n) is 5.09. The first kappa shape index (κ1) is 14.1. The van der Waals surface area contributed by atoms with Gasteiger partial charge >= 0.3 is 0 Å². The van der Waals surface area contributed by atoms with E-state index in [2.05, 4.69) is 26.6 Å². The third-order valence-electron chi connectivity index (χ3n) is 3.49. The lowest BCUT2D eigenvalue weighted by Gasteiger charge is -2.07. The highest BCUT2D eigenvalue weighted by Gasteiger charge is 2.17. The highest BCUT2D eigenvalue weighted by atomic mass is 35.5. The number of hydrogen-bond donors (Lipinski definition) is 0. The lowest BCUT2D eigenvalue weighted by molar-refractivity contribution is 0.746. The van der Waals surface area contributed by atoms with Gasteiger partial charge in [0, 0.05) is 31.2 Å². The highest BCUT2D eigenvalue weighted by Crippen LogP contribution is 2.23. The largest absolute Gasteiger partial charge is 0.277 e. The van der Waals surface area contributed by atoms with Crippen molar-refractivity contribution in [1.29, 1.82) is 0 Å². The zero-order valence-electron chi connectivity index (χ0n) is 12.5. The maximum absolute atomic E-state index is 5.94. The average Bonchev–Trinajstić information content (AvgIpc) is 2.98. The summed E-state index contributed by atoms with van der Waals surface area (Å²) in [7, 11) is 1.93. The third kappa shape index (κ3) is 2.42. The molecule has 21 heavy (non-hydrogen) atoms. The van der Waals surface area contributed by atoms with Gasteiger partial charge in [0.15, 0.2) is 5.65 Å². The second kappa shape index (κ2) is 5.48. The van der Waals surface area contributed by atoms with Crippen LogP contribution in [-0.4, -0.2) is 30.2 Å². The van der Waals surface area contributed by atoms with Crippen molar-refractivity contribution in [3.05, 3.63) is 35.5 Å². The first-order valence-corrected chi connectivity index (χ1v) is 7.61.